The zero-order chi connectivity index (χ0) is 12.8. The van der Waals surface area contributed by atoms with Gasteiger partial charge in [-0.15, -0.1) is 0 Å². The fourth-order valence-corrected chi connectivity index (χ4v) is 2.12. The van der Waals surface area contributed by atoms with Crippen molar-refractivity contribution in [2.75, 3.05) is 18.4 Å². The molecule has 0 bridgehead atoms. The van der Waals surface area contributed by atoms with Crippen molar-refractivity contribution < 1.29 is 9.59 Å². The Morgan fingerprint density at radius 1 is 0.944 bits per heavy atom. The normalized spacial score (nSPS) is 15.9. The summed E-state index contributed by atoms with van der Waals surface area (Å²) in [7, 11) is 0. The first-order valence-electron chi connectivity index (χ1n) is 6.42. The molecule has 2 rings (SSSR count). The lowest BCUT2D eigenvalue weighted by Gasteiger charge is -2.19. The van der Waals surface area contributed by atoms with E-state index in [0.29, 0.717) is 18.8 Å². The highest BCUT2D eigenvalue weighted by molar-refractivity contribution is 6.39. The molecule has 0 spiro atoms. The van der Waals surface area contributed by atoms with E-state index in [1.165, 1.54) is 0 Å². The minimum atomic E-state index is -0.539. The number of para-hydroxylation sites is 1. The quantitative estimate of drug-likeness (QED) is 0.771. The number of carbonyl (C=O) groups excluding carboxylic acids is 2. The van der Waals surface area contributed by atoms with Crippen molar-refractivity contribution in [3.8, 4) is 0 Å². The van der Waals surface area contributed by atoms with Crippen molar-refractivity contribution in [1.29, 1.82) is 0 Å². The van der Waals surface area contributed by atoms with E-state index in [-0.39, 0.29) is 0 Å². The van der Waals surface area contributed by atoms with Gasteiger partial charge in [0.05, 0.1) is 0 Å². The molecule has 0 aliphatic carbocycles. The molecule has 1 heterocycles. The predicted molar refractivity (Wildman–Crippen MR) is 70.1 cm³/mol. The number of nitrogens with zero attached hydrogens (tertiary/aromatic N) is 1. The maximum atomic E-state index is 12.0. The molecule has 0 unspecified atom stereocenters. The molecule has 1 fully saturated rings. The molecular formula is C14H18N2O2. The lowest BCUT2D eigenvalue weighted by Crippen LogP contribution is -2.40. The van der Waals surface area contributed by atoms with Crippen LogP contribution in [0.4, 0.5) is 5.69 Å². The lowest BCUT2D eigenvalue weighted by molar-refractivity contribution is -0.143. The van der Waals surface area contributed by atoms with Gasteiger partial charge in [-0.1, -0.05) is 31.0 Å². The summed E-state index contributed by atoms with van der Waals surface area (Å²) in [5.74, 6) is -0.955. The molecule has 4 nitrogen and oxygen atoms in total. The number of hydrogen-bond acceptors (Lipinski definition) is 2. The molecule has 96 valence electrons. The number of benzene rings is 1. The molecular weight excluding hydrogens is 228 g/mol. The van der Waals surface area contributed by atoms with Gasteiger partial charge in [-0.05, 0) is 25.0 Å². The molecule has 1 aromatic carbocycles. The smallest absolute Gasteiger partial charge is 0.313 e. The molecule has 0 aromatic heterocycles. The van der Waals surface area contributed by atoms with Crippen LogP contribution >= 0.6 is 0 Å². The SMILES string of the molecule is O=C(Nc1ccccc1)C(=O)N1CCCCCC1. The van der Waals surface area contributed by atoms with Crippen LogP contribution in [-0.4, -0.2) is 29.8 Å². The summed E-state index contributed by atoms with van der Waals surface area (Å²) in [5, 5.41) is 2.63. The summed E-state index contributed by atoms with van der Waals surface area (Å²) >= 11 is 0. The fourth-order valence-electron chi connectivity index (χ4n) is 2.12. The van der Waals surface area contributed by atoms with Crippen LogP contribution in [0.3, 0.4) is 0 Å². The monoisotopic (exact) mass is 246 g/mol. The van der Waals surface area contributed by atoms with Crippen LogP contribution in [-0.2, 0) is 9.59 Å². The van der Waals surface area contributed by atoms with Crippen molar-refractivity contribution in [2.24, 2.45) is 0 Å². The second-order valence-electron chi connectivity index (χ2n) is 4.53. The van der Waals surface area contributed by atoms with Crippen LogP contribution in [0.5, 0.6) is 0 Å². The zero-order valence-electron chi connectivity index (χ0n) is 10.4. The Morgan fingerprint density at radius 2 is 1.56 bits per heavy atom. The Bertz CT molecular complexity index is 409. The molecule has 1 aliphatic heterocycles. The Hall–Kier alpha value is -1.84. The molecule has 18 heavy (non-hydrogen) atoms. The van der Waals surface area contributed by atoms with Gasteiger partial charge in [0.2, 0.25) is 0 Å². The summed E-state index contributed by atoms with van der Waals surface area (Å²) in [6.07, 6.45) is 4.27. The summed E-state index contributed by atoms with van der Waals surface area (Å²) in [6, 6.07) is 9.06. The predicted octanol–water partition coefficient (Wildman–Crippen LogP) is 2.03. The van der Waals surface area contributed by atoms with Gasteiger partial charge in [-0.2, -0.15) is 0 Å². The maximum Gasteiger partial charge on any atom is 0.313 e. The Labute approximate surface area is 107 Å². The van der Waals surface area contributed by atoms with Crippen LogP contribution < -0.4 is 5.32 Å². The fraction of sp³-hybridized carbons (Fsp3) is 0.429. The van der Waals surface area contributed by atoms with E-state index < -0.39 is 11.8 Å². The van der Waals surface area contributed by atoms with E-state index in [4.69, 9.17) is 0 Å². The molecule has 1 aromatic rings. The topological polar surface area (TPSA) is 49.4 Å². The number of carbonyl (C=O) groups is 2. The molecule has 1 saturated heterocycles. The van der Waals surface area contributed by atoms with Gasteiger partial charge in [0.1, 0.15) is 0 Å². The molecule has 0 saturated carbocycles. The maximum absolute atomic E-state index is 12.0. The van der Waals surface area contributed by atoms with Crippen LogP contribution in [0, 0.1) is 0 Å². The second kappa shape index (κ2) is 6.19. The van der Waals surface area contributed by atoms with Crippen LogP contribution in [0.15, 0.2) is 30.3 Å². The van der Waals surface area contributed by atoms with Crippen LogP contribution in [0.25, 0.3) is 0 Å². The third-order valence-electron chi connectivity index (χ3n) is 3.12. The highest BCUT2D eigenvalue weighted by Crippen LogP contribution is 2.11. The standard InChI is InChI=1S/C14H18N2O2/c17-13(15-12-8-4-3-5-9-12)14(18)16-10-6-1-2-7-11-16/h3-5,8-9H,1-2,6-7,10-11H2,(H,15,17). The van der Waals surface area contributed by atoms with Gasteiger partial charge in [0.15, 0.2) is 0 Å². The molecule has 0 atom stereocenters. The second-order valence-corrected chi connectivity index (χ2v) is 4.53. The molecule has 4 heteroatoms. The van der Waals surface area contributed by atoms with E-state index in [2.05, 4.69) is 5.32 Å². The van der Waals surface area contributed by atoms with E-state index in [1.807, 2.05) is 18.2 Å². The summed E-state index contributed by atoms with van der Waals surface area (Å²) in [4.78, 5) is 25.4. The number of nitrogens with one attached hydrogen (secondary N) is 1. The van der Waals surface area contributed by atoms with Gasteiger partial charge < -0.3 is 10.2 Å². The third-order valence-corrected chi connectivity index (χ3v) is 3.12. The van der Waals surface area contributed by atoms with Crippen molar-refractivity contribution in [3.05, 3.63) is 30.3 Å². The van der Waals surface area contributed by atoms with Crippen LogP contribution in [0.2, 0.25) is 0 Å². The minimum absolute atomic E-state index is 0.416. The van der Waals surface area contributed by atoms with Gasteiger partial charge >= 0.3 is 11.8 Å². The van der Waals surface area contributed by atoms with Gasteiger partial charge in [0, 0.05) is 18.8 Å². The zero-order valence-corrected chi connectivity index (χ0v) is 10.4. The first kappa shape index (κ1) is 12.6. The van der Waals surface area contributed by atoms with Crippen molar-refractivity contribution in [1.82, 2.24) is 4.90 Å². The van der Waals surface area contributed by atoms with Crippen LogP contribution in [0.1, 0.15) is 25.7 Å². The first-order valence-corrected chi connectivity index (χ1v) is 6.42. The van der Waals surface area contributed by atoms with E-state index in [9.17, 15) is 9.59 Å². The number of rotatable bonds is 1. The summed E-state index contributed by atoms with van der Waals surface area (Å²) in [6.45, 7) is 1.39. The third kappa shape index (κ3) is 3.32. The average Bonchev–Trinajstić information content (AvgIpc) is 2.68. The molecule has 1 aliphatic rings. The average molecular weight is 246 g/mol. The number of anilines is 1. The van der Waals surface area contributed by atoms with E-state index in [1.54, 1.807) is 17.0 Å². The van der Waals surface area contributed by atoms with E-state index in [0.717, 1.165) is 25.7 Å². The van der Waals surface area contributed by atoms with Gasteiger partial charge in [-0.3, -0.25) is 9.59 Å². The highest BCUT2D eigenvalue weighted by Gasteiger charge is 2.22. The minimum Gasteiger partial charge on any atom is -0.334 e. The summed E-state index contributed by atoms with van der Waals surface area (Å²) < 4.78 is 0. The molecule has 2 amide bonds. The lowest BCUT2D eigenvalue weighted by atomic mass is 10.2. The van der Waals surface area contributed by atoms with E-state index >= 15 is 0 Å². The Morgan fingerprint density at radius 3 is 2.17 bits per heavy atom. The summed E-state index contributed by atoms with van der Waals surface area (Å²) in [5.41, 5.74) is 0.658. The largest absolute Gasteiger partial charge is 0.334 e. The van der Waals surface area contributed by atoms with Crippen molar-refractivity contribution in [2.45, 2.75) is 25.7 Å². The number of amides is 2. The Balaban J connectivity index is 1.93. The first-order chi connectivity index (χ1) is 8.77. The number of hydrogen-bond donors (Lipinski definition) is 1. The van der Waals surface area contributed by atoms with Crippen molar-refractivity contribution in [3.63, 3.8) is 0 Å². The number of likely N-dealkylation sites (tertiary alicyclic amines) is 1. The van der Waals surface area contributed by atoms with Gasteiger partial charge in [0.25, 0.3) is 0 Å². The Kier molecular flexibility index (Phi) is 4.34. The van der Waals surface area contributed by atoms with Gasteiger partial charge in [-0.25, -0.2) is 0 Å². The molecule has 0 radical (unpaired) electrons. The van der Waals surface area contributed by atoms with Crippen molar-refractivity contribution >= 4 is 17.5 Å². The molecule has 1 N–H and O–H groups in total. The highest BCUT2D eigenvalue weighted by atomic mass is 16.2.